The summed E-state index contributed by atoms with van der Waals surface area (Å²) in [5.41, 5.74) is 3.06. The van der Waals surface area contributed by atoms with Gasteiger partial charge in [0.1, 0.15) is 0 Å². The fourth-order valence-corrected chi connectivity index (χ4v) is 3.52. The minimum atomic E-state index is 0.180. The first-order valence-electron chi connectivity index (χ1n) is 7.85. The van der Waals surface area contributed by atoms with Gasteiger partial charge in [-0.2, -0.15) is 0 Å². The summed E-state index contributed by atoms with van der Waals surface area (Å²) in [6.07, 6.45) is 8.45. The van der Waals surface area contributed by atoms with Crippen molar-refractivity contribution >= 4 is 22.1 Å². The van der Waals surface area contributed by atoms with Gasteiger partial charge >= 0.3 is 0 Å². The predicted molar refractivity (Wildman–Crippen MR) is 91.8 cm³/mol. The number of rotatable bonds is 3. The molecule has 0 spiro atoms. The molecule has 1 saturated heterocycles. The highest BCUT2D eigenvalue weighted by Crippen LogP contribution is 2.28. The molecule has 2 aliphatic heterocycles. The van der Waals surface area contributed by atoms with Crippen LogP contribution in [-0.2, 0) is 6.54 Å². The molecule has 0 amide bonds. The van der Waals surface area contributed by atoms with Crippen LogP contribution in [0.15, 0.2) is 40.5 Å². The van der Waals surface area contributed by atoms with Gasteiger partial charge in [0.25, 0.3) is 0 Å². The Hall–Kier alpha value is -1.09. The summed E-state index contributed by atoms with van der Waals surface area (Å²) >= 11 is 3.50. The van der Waals surface area contributed by atoms with Crippen LogP contribution in [0.2, 0.25) is 0 Å². The summed E-state index contributed by atoms with van der Waals surface area (Å²) in [4.78, 5) is 2.56. The predicted octanol–water partition coefficient (Wildman–Crippen LogP) is 4.19. The molecule has 1 aromatic carbocycles. The Kier molecular flexibility index (Phi) is 4.21. The molecule has 0 unspecified atom stereocenters. The van der Waals surface area contributed by atoms with Crippen LogP contribution in [0.3, 0.4) is 0 Å². The Labute approximate surface area is 136 Å². The fourth-order valence-electron chi connectivity index (χ4n) is 3.26. The molecule has 0 aliphatic carbocycles. The molecular formula is C18H24BrN2+. The Morgan fingerprint density at radius 2 is 1.81 bits per heavy atom. The lowest BCUT2D eigenvalue weighted by atomic mass is 9.93. The zero-order valence-corrected chi connectivity index (χ0v) is 14.6. The maximum Gasteiger partial charge on any atom is 0.168 e. The normalized spacial score (nSPS) is 21.2. The molecule has 0 saturated carbocycles. The van der Waals surface area contributed by atoms with E-state index in [0.29, 0.717) is 0 Å². The van der Waals surface area contributed by atoms with Gasteiger partial charge in [-0.3, -0.25) is 0 Å². The summed E-state index contributed by atoms with van der Waals surface area (Å²) in [6, 6.07) is 8.65. The molecule has 21 heavy (non-hydrogen) atoms. The maximum atomic E-state index is 3.50. The van der Waals surface area contributed by atoms with Gasteiger partial charge in [0.2, 0.25) is 0 Å². The monoisotopic (exact) mass is 347 g/mol. The van der Waals surface area contributed by atoms with Crippen LogP contribution in [-0.4, -0.2) is 34.3 Å². The molecule has 3 rings (SSSR count). The van der Waals surface area contributed by atoms with E-state index in [9.17, 15) is 0 Å². The molecule has 0 radical (unpaired) electrons. The second-order valence-corrected chi connectivity index (χ2v) is 7.66. The molecule has 1 fully saturated rings. The number of benzene rings is 1. The average Bonchev–Trinajstić information content (AvgIpc) is 2.97. The third-order valence-corrected chi connectivity index (χ3v) is 5.15. The molecule has 3 heteroatoms. The molecule has 0 bridgehead atoms. The van der Waals surface area contributed by atoms with E-state index in [-0.39, 0.29) is 5.54 Å². The molecule has 2 aliphatic rings. The quantitative estimate of drug-likeness (QED) is 0.743. The fraction of sp³-hybridized carbons (Fsp3) is 0.500. The zero-order valence-electron chi connectivity index (χ0n) is 13.0. The van der Waals surface area contributed by atoms with Gasteiger partial charge in [0, 0.05) is 48.7 Å². The summed E-state index contributed by atoms with van der Waals surface area (Å²) in [5.74, 6) is 0. The number of likely N-dealkylation sites (tertiary alicyclic amines) is 1. The van der Waals surface area contributed by atoms with Gasteiger partial charge in [-0.1, -0.05) is 28.1 Å². The minimum absolute atomic E-state index is 0.180. The van der Waals surface area contributed by atoms with E-state index in [0.717, 1.165) is 17.4 Å². The van der Waals surface area contributed by atoms with Crippen molar-refractivity contribution in [2.24, 2.45) is 0 Å². The molecule has 0 N–H and O–H groups in total. The second-order valence-electron chi connectivity index (χ2n) is 6.74. The van der Waals surface area contributed by atoms with Crippen molar-refractivity contribution in [2.45, 2.75) is 45.2 Å². The van der Waals surface area contributed by atoms with Crippen molar-refractivity contribution in [3.63, 3.8) is 0 Å². The summed E-state index contributed by atoms with van der Waals surface area (Å²) in [5, 5.41) is 0. The highest BCUT2D eigenvalue weighted by atomic mass is 79.9. The third-order valence-electron chi connectivity index (χ3n) is 4.62. The van der Waals surface area contributed by atoms with E-state index in [2.05, 4.69) is 75.8 Å². The highest BCUT2D eigenvalue weighted by molar-refractivity contribution is 9.10. The van der Waals surface area contributed by atoms with Crippen LogP contribution in [0.5, 0.6) is 0 Å². The molecule has 0 aromatic heterocycles. The first kappa shape index (κ1) is 14.8. The van der Waals surface area contributed by atoms with Crippen molar-refractivity contribution in [3.05, 3.63) is 46.1 Å². The van der Waals surface area contributed by atoms with Crippen molar-refractivity contribution in [1.82, 2.24) is 4.90 Å². The topological polar surface area (TPSA) is 6.25 Å². The molecule has 2 nitrogen and oxygen atoms in total. The van der Waals surface area contributed by atoms with E-state index in [1.54, 1.807) is 0 Å². The lowest BCUT2D eigenvalue weighted by Crippen LogP contribution is -2.41. The molecule has 112 valence electrons. The van der Waals surface area contributed by atoms with E-state index in [1.807, 2.05) is 0 Å². The number of hydrogen-bond acceptors (Lipinski definition) is 1. The molecule has 0 atom stereocenters. The summed E-state index contributed by atoms with van der Waals surface area (Å²) in [6.45, 7) is 8.16. The molecule has 1 aromatic rings. The van der Waals surface area contributed by atoms with Crippen LogP contribution >= 0.6 is 15.9 Å². The Balaban J connectivity index is 1.78. The van der Waals surface area contributed by atoms with Crippen molar-refractivity contribution < 1.29 is 4.58 Å². The largest absolute Gasteiger partial charge is 0.374 e. The Bertz CT molecular complexity index is 563. The Morgan fingerprint density at radius 3 is 2.43 bits per heavy atom. The lowest BCUT2D eigenvalue weighted by molar-refractivity contribution is -0.612. The van der Waals surface area contributed by atoms with Crippen molar-refractivity contribution in [1.29, 1.82) is 0 Å². The van der Waals surface area contributed by atoms with E-state index >= 15 is 0 Å². The minimum Gasteiger partial charge on any atom is -0.374 e. The van der Waals surface area contributed by atoms with E-state index in [4.69, 9.17) is 0 Å². The number of nitrogens with zero attached hydrogens (tertiary/aromatic N) is 2. The first-order chi connectivity index (χ1) is 10.0. The van der Waals surface area contributed by atoms with Crippen LogP contribution in [0.25, 0.3) is 0 Å². The van der Waals surface area contributed by atoms with Gasteiger partial charge in [0.05, 0.1) is 6.42 Å². The van der Waals surface area contributed by atoms with Crippen molar-refractivity contribution in [2.75, 3.05) is 13.1 Å². The highest BCUT2D eigenvalue weighted by Gasteiger charge is 2.35. The zero-order chi connectivity index (χ0) is 14.9. The number of halogens is 1. The van der Waals surface area contributed by atoms with Gasteiger partial charge < -0.3 is 4.90 Å². The van der Waals surface area contributed by atoms with Gasteiger partial charge in [-0.15, -0.1) is 0 Å². The van der Waals surface area contributed by atoms with Crippen LogP contribution < -0.4 is 0 Å². The average molecular weight is 348 g/mol. The second kappa shape index (κ2) is 5.96. The smallest absolute Gasteiger partial charge is 0.168 e. The molecular weight excluding hydrogens is 324 g/mol. The van der Waals surface area contributed by atoms with Crippen LogP contribution in [0, 0.1) is 0 Å². The first-order valence-corrected chi connectivity index (χ1v) is 8.64. The van der Waals surface area contributed by atoms with E-state index < -0.39 is 0 Å². The SMILES string of the molecule is CC1(C)CC(N2CCCC2)=CC=[N+]1Cc1ccc(Br)cc1. The van der Waals surface area contributed by atoms with Gasteiger partial charge in [-0.25, -0.2) is 4.58 Å². The van der Waals surface area contributed by atoms with Crippen LogP contribution in [0.1, 0.15) is 38.7 Å². The standard InChI is InChI=1S/C18H24BrN2/c1-18(2)13-17(20-10-3-4-11-20)9-12-21(18)14-15-5-7-16(19)8-6-15/h5-9,12H,3-4,10-11,13-14H2,1-2H3/q+1. The van der Waals surface area contributed by atoms with Crippen LogP contribution in [0.4, 0.5) is 0 Å². The number of hydrogen-bond donors (Lipinski definition) is 0. The maximum absolute atomic E-state index is 3.50. The number of allylic oxidation sites excluding steroid dienone is 1. The third kappa shape index (κ3) is 3.39. The summed E-state index contributed by atoms with van der Waals surface area (Å²) in [7, 11) is 0. The molecule has 2 heterocycles. The van der Waals surface area contributed by atoms with Gasteiger partial charge in [-0.05, 0) is 25.0 Å². The van der Waals surface area contributed by atoms with Gasteiger partial charge in [0.15, 0.2) is 18.3 Å². The Morgan fingerprint density at radius 1 is 1.14 bits per heavy atom. The van der Waals surface area contributed by atoms with Crippen molar-refractivity contribution in [3.8, 4) is 0 Å². The lowest BCUT2D eigenvalue weighted by Gasteiger charge is -2.31. The summed E-state index contributed by atoms with van der Waals surface area (Å²) < 4.78 is 3.61. The van der Waals surface area contributed by atoms with E-state index in [1.165, 1.54) is 37.2 Å².